The van der Waals surface area contributed by atoms with Gasteiger partial charge in [-0.2, -0.15) is 0 Å². The predicted molar refractivity (Wildman–Crippen MR) is 139 cm³/mol. The molecule has 2 aliphatic heterocycles. The molecule has 0 amide bonds. The van der Waals surface area contributed by atoms with E-state index in [1.807, 2.05) is 0 Å². The van der Waals surface area contributed by atoms with Gasteiger partial charge in [0.2, 0.25) is 0 Å². The Labute approximate surface area is 202 Å². The van der Waals surface area contributed by atoms with E-state index in [4.69, 9.17) is 9.72 Å². The molecule has 0 saturated carbocycles. The lowest BCUT2D eigenvalue weighted by Gasteiger charge is -2.28. The first-order chi connectivity index (χ1) is 16.8. The van der Waals surface area contributed by atoms with E-state index in [0.717, 1.165) is 87.0 Å². The fraction of sp³-hybridized carbons (Fsp3) is 0.519. The van der Waals surface area contributed by atoms with Gasteiger partial charge in [0.05, 0.1) is 17.8 Å². The smallest absolute Gasteiger partial charge is 0.157 e. The SMILES string of the molecule is CCN(CC1CCCCNC1)c1nc(-c2ccc(N3CCCOCC3)cc2)cc2nccnc12. The Morgan fingerprint density at radius 2 is 1.94 bits per heavy atom. The van der Waals surface area contributed by atoms with Crippen LogP contribution in [-0.2, 0) is 4.74 Å². The summed E-state index contributed by atoms with van der Waals surface area (Å²) in [5.74, 6) is 1.57. The molecule has 3 aromatic rings. The molecule has 0 spiro atoms. The molecule has 7 nitrogen and oxygen atoms in total. The van der Waals surface area contributed by atoms with Gasteiger partial charge in [-0.15, -0.1) is 0 Å². The summed E-state index contributed by atoms with van der Waals surface area (Å²) in [7, 11) is 0. The predicted octanol–water partition coefficient (Wildman–Crippen LogP) is 4.13. The first-order valence-electron chi connectivity index (χ1n) is 12.8. The van der Waals surface area contributed by atoms with Crippen LogP contribution in [0.1, 0.15) is 32.6 Å². The molecule has 34 heavy (non-hydrogen) atoms. The van der Waals surface area contributed by atoms with E-state index in [1.54, 1.807) is 12.4 Å². The lowest BCUT2D eigenvalue weighted by molar-refractivity contribution is 0.152. The van der Waals surface area contributed by atoms with Crippen molar-refractivity contribution in [2.45, 2.75) is 32.6 Å². The summed E-state index contributed by atoms with van der Waals surface area (Å²) in [5, 5.41) is 3.60. The van der Waals surface area contributed by atoms with Crippen LogP contribution in [0.15, 0.2) is 42.7 Å². The maximum Gasteiger partial charge on any atom is 0.157 e. The first kappa shape index (κ1) is 23.0. The van der Waals surface area contributed by atoms with Gasteiger partial charge in [0.15, 0.2) is 5.82 Å². The van der Waals surface area contributed by atoms with E-state index < -0.39 is 0 Å². The number of hydrogen-bond acceptors (Lipinski definition) is 7. The molecule has 2 aromatic heterocycles. The van der Waals surface area contributed by atoms with Crippen molar-refractivity contribution in [2.75, 3.05) is 62.3 Å². The number of rotatable bonds is 6. The number of hydrogen-bond donors (Lipinski definition) is 1. The Bertz CT molecular complexity index is 1060. The zero-order chi connectivity index (χ0) is 23.2. The number of nitrogens with one attached hydrogen (secondary N) is 1. The van der Waals surface area contributed by atoms with Gasteiger partial charge in [-0.1, -0.05) is 18.6 Å². The second kappa shape index (κ2) is 11.1. The number of ether oxygens (including phenoxy) is 1. The normalized spacial score (nSPS) is 19.6. The molecular weight excluding hydrogens is 424 g/mol. The highest BCUT2D eigenvalue weighted by molar-refractivity contribution is 5.89. The van der Waals surface area contributed by atoms with Crippen molar-refractivity contribution in [1.82, 2.24) is 20.3 Å². The van der Waals surface area contributed by atoms with Crippen molar-refractivity contribution in [3.05, 3.63) is 42.7 Å². The molecule has 1 N–H and O–H groups in total. The van der Waals surface area contributed by atoms with Crippen LogP contribution in [0.4, 0.5) is 11.5 Å². The number of fused-ring (bicyclic) bond motifs is 1. The minimum absolute atomic E-state index is 0.622. The molecule has 180 valence electrons. The summed E-state index contributed by atoms with van der Waals surface area (Å²) in [6.07, 6.45) is 8.43. The van der Waals surface area contributed by atoms with Crippen LogP contribution in [0.5, 0.6) is 0 Å². The number of pyridine rings is 1. The van der Waals surface area contributed by atoms with E-state index in [2.05, 4.69) is 62.3 Å². The molecule has 4 heterocycles. The molecule has 0 aliphatic carbocycles. The van der Waals surface area contributed by atoms with Gasteiger partial charge in [0.25, 0.3) is 0 Å². The van der Waals surface area contributed by atoms with Gasteiger partial charge in [-0.3, -0.25) is 4.98 Å². The zero-order valence-electron chi connectivity index (χ0n) is 20.2. The van der Waals surface area contributed by atoms with Crippen LogP contribution >= 0.6 is 0 Å². The van der Waals surface area contributed by atoms with Gasteiger partial charge >= 0.3 is 0 Å². The largest absolute Gasteiger partial charge is 0.380 e. The Morgan fingerprint density at radius 3 is 2.82 bits per heavy atom. The van der Waals surface area contributed by atoms with E-state index in [-0.39, 0.29) is 0 Å². The number of nitrogens with zero attached hydrogens (tertiary/aromatic N) is 5. The molecule has 2 aliphatic rings. The minimum atomic E-state index is 0.622. The minimum Gasteiger partial charge on any atom is -0.380 e. The number of benzene rings is 1. The average Bonchev–Trinajstić information content (AvgIpc) is 3.32. The molecule has 2 fully saturated rings. The summed E-state index contributed by atoms with van der Waals surface area (Å²) in [5.41, 5.74) is 5.08. The molecule has 1 aromatic carbocycles. The van der Waals surface area contributed by atoms with Crippen LogP contribution in [0.3, 0.4) is 0 Å². The number of anilines is 2. The van der Waals surface area contributed by atoms with E-state index in [0.29, 0.717) is 5.92 Å². The molecule has 7 heteroatoms. The third-order valence-electron chi connectivity index (χ3n) is 7.00. The topological polar surface area (TPSA) is 66.4 Å². The standard InChI is InChI=1S/C27H36N6O/c1-2-32(20-21-6-3-4-11-28-19-21)27-26-25(29-12-13-30-26)18-24(31-27)22-7-9-23(10-8-22)33-14-5-16-34-17-15-33/h7-10,12-13,18,21,28H,2-6,11,14-17,19-20H2,1H3. The van der Waals surface area contributed by atoms with Crippen molar-refractivity contribution in [2.24, 2.45) is 5.92 Å². The highest BCUT2D eigenvalue weighted by atomic mass is 16.5. The zero-order valence-corrected chi connectivity index (χ0v) is 20.2. The maximum atomic E-state index is 5.61. The second-order valence-corrected chi connectivity index (χ2v) is 9.36. The maximum absolute atomic E-state index is 5.61. The van der Waals surface area contributed by atoms with Gasteiger partial charge in [0, 0.05) is 56.4 Å². The first-order valence-corrected chi connectivity index (χ1v) is 12.8. The summed E-state index contributed by atoms with van der Waals surface area (Å²) >= 11 is 0. The van der Waals surface area contributed by atoms with Crippen LogP contribution in [-0.4, -0.2) is 67.4 Å². The van der Waals surface area contributed by atoms with E-state index in [9.17, 15) is 0 Å². The molecule has 1 atom stereocenters. The van der Waals surface area contributed by atoms with Crippen LogP contribution < -0.4 is 15.1 Å². The van der Waals surface area contributed by atoms with Crippen molar-refractivity contribution >= 4 is 22.5 Å². The monoisotopic (exact) mass is 460 g/mol. The van der Waals surface area contributed by atoms with Gasteiger partial charge in [0.1, 0.15) is 5.52 Å². The Morgan fingerprint density at radius 1 is 1.06 bits per heavy atom. The number of aromatic nitrogens is 3. The Balaban J connectivity index is 1.45. The fourth-order valence-corrected chi connectivity index (χ4v) is 5.10. The lowest BCUT2D eigenvalue weighted by atomic mass is 10.0. The molecule has 2 saturated heterocycles. The highest BCUT2D eigenvalue weighted by Gasteiger charge is 2.20. The Hall–Kier alpha value is -2.77. The van der Waals surface area contributed by atoms with Crippen molar-refractivity contribution in [3.8, 4) is 11.3 Å². The third-order valence-corrected chi connectivity index (χ3v) is 7.00. The lowest BCUT2D eigenvalue weighted by Crippen LogP contribution is -2.34. The van der Waals surface area contributed by atoms with Crippen molar-refractivity contribution in [3.63, 3.8) is 0 Å². The average molecular weight is 461 g/mol. The van der Waals surface area contributed by atoms with Gasteiger partial charge in [-0.25, -0.2) is 9.97 Å². The third kappa shape index (κ3) is 5.31. The van der Waals surface area contributed by atoms with Crippen molar-refractivity contribution in [1.29, 1.82) is 0 Å². The van der Waals surface area contributed by atoms with Crippen LogP contribution in [0, 0.1) is 5.92 Å². The molecule has 0 bridgehead atoms. The van der Waals surface area contributed by atoms with Gasteiger partial charge < -0.3 is 19.9 Å². The summed E-state index contributed by atoms with van der Waals surface area (Å²) in [6.45, 7) is 9.91. The Kier molecular flexibility index (Phi) is 7.51. The van der Waals surface area contributed by atoms with Gasteiger partial charge in [-0.05, 0) is 63.4 Å². The van der Waals surface area contributed by atoms with Crippen molar-refractivity contribution < 1.29 is 4.74 Å². The van der Waals surface area contributed by atoms with E-state index >= 15 is 0 Å². The molecular formula is C27H36N6O. The fourth-order valence-electron chi connectivity index (χ4n) is 5.10. The highest BCUT2D eigenvalue weighted by Crippen LogP contribution is 2.30. The summed E-state index contributed by atoms with van der Waals surface area (Å²) in [4.78, 5) is 19.3. The second-order valence-electron chi connectivity index (χ2n) is 9.36. The molecule has 1 unspecified atom stereocenters. The molecule has 0 radical (unpaired) electrons. The summed E-state index contributed by atoms with van der Waals surface area (Å²) in [6, 6.07) is 10.8. The van der Waals surface area contributed by atoms with Crippen LogP contribution in [0.25, 0.3) is 22.3 Å². The summed E-state index contributed by atoms with van der Waals surface area (Å²) < 4.78 is 5.61. The molecule has 5 rings (SSSR count). The van der Waals surface area contributed by atoms with E-state index in [1.165, 1.54) is 24.9 Å². The quantitative estimate of drug-likeness (QED) is 0.593. The van der Waals surface area contributed by atoms with Crippen LogP contribution in [0.2, 0.25) is 0 Å².